The van der Waals surface area contributed by atoms with E-state index in [0.29, 0.717) is 0 Å². The first-order valence-electron chi connectivity index (χ1n) is 9.28. The number of hydrogen-bond acceptors (Lipinski definition) is 4. The Morgan fingerprint density at radius 2 is 1.69 bits per heavy atom. The third-order valence-electron chi connectivity index (χ3n) is 4.73. The first-order valence-corrected chi connectivity index (χ1v) is 9.28. The van der Waals surface area contributed by atoms with Crippen molar-refractivity contribution in [3.05, 3.63) is 60.4 Å². The topological polar surface area (TPSA) is 30.9 Å². The summed E-state index contributed by atoms with van der Waals surface area (Å²) >= 11 is 0. The normalized spacial score (nSPS) is 15.9. The predicted octanol–water partition coefficient (Wildman–Crippen LogP) is 4.22. The Labute approximate surface area is 155 Å². The molecule has 3 rings (SSSR count). The van der Waals surface area contributed by atoms with E-state index in [1.807, 2.05) is 6.92 Å². The Kier molecular flexibility index (Phi) is 6.61. The number of hydrazone groups is 1. The second-order valence-corrected chi connectivity index (χ2v) is 6.73. The van der Waals surface area contributed by atoms with Gasteiger partial charge in [0.05, 0.1) is 5.69 Å². The van der Waals surface area contributed by atoms with E-state index in [1.54, 1.807) is 12.1 Å². The van der Waals surface area contributed by atoms with Crippen molar-refractivity contribution in [1.29, 1.82) is 0 Å². The molecule has 5 heteroatoms. The largest absolute Gasteiger partial charge is 0.369 e. The van der Waals surface area contributed by atoms with Crippen LogP contribution in [0.2, 0.25) is 0 Å². The Morgan fingerprint density at radius 3 is 2.38 bits per heavy atom. The van der Waals surface area contributed by atoms with Crippen LogP contribution in [-0.2, 0) is 0 Å². The summed E-state index contributed by atoms with van der Waals surface area (Å²) < 4.78 is 12.9. The molecular formula is C21H27FN4. The Balaban J connectivity index is 1.35. The van der Waals surface area contributed by atoms with Crippen LogP contribution in [0, 0.1) is 5.82 Å². The zero-order valence-corrected chi connectivity index (χ0v) is 15.4. The van der Waals surface area contributed by atoms with Gasteiger partial charge < -0.3 is 4.90 Å². The van der Waals surface area contributed by atoms with E-state index in [9.17, 15) is 4.39 Å². The van der Waals surface area contributed by atoms with Crippen molar-refractivity contribution >= 4 is 17.1 Å². The SMILES string of the molecule is C/C(CCCN1CCN(c2ccccc2)CC1)=N\Nc1ccc(F)cc1. The van der Waals surface area contributed by atoms with Gasteiger partial charge in [-0.25, -0.2) is 4.39 Å². The fraction of sp³-hybridized carbons (Fsp3) is 0.381. The molecule has 1 fully saturated rings. The molecular weight excluding hydrogens is 327 g/mol. The highest BCUT2D eigenvalue weighted by Gasteiger charge is 2.16. The van der Waals surface area contributed by atoms with Crippen LogP contribution in [-0.4, -0.2) is 43.3 Å². The molecule has 1 aliphatic heterocycles. The lowest BCUT2D eigenvalue weighted by Crippen LogP contribution is -2.46. The van der Waals surface area contributed by atoms with Gasteiger partial charge in [0.2, 0.25) is 0 Å². The minimum Gasteiger partial charge on any atom is -0.369 e. The molecule has 1 saturated heterocycles. The smallest absolute Gasteiger partial charge is 0.123 e. The van der Waals surface area contributed by atoms with Crippen LogP contribution >= 0.6 is 0 Å². The van der Waals surface area contributed by atoms with Crippen molar-refractivity contribution in [1.82, 2.24) is 4.90 Å². The standard InChI is InChI=1S/C21H27FN4/c1-18(23-24-20-11-9-19(22)10-12-20)6-5-13-25-14-16-26(17-15-25)21-7-3-2-4-8-21/h2-4,7-12,24H,5-6,13-17H2,1H3/b23-18+. The maximum Gasteiger partial charge on any atom is 0.123 e. The number of piperazine rings is 1. The van der Waals surface area contributed by atoms with E-state index in [-0.39, 0.29) is 5.82 Å². The second-order valence-electron chi connectivity index (χ2n) is 6.73. The minimum absolute atomic E-state index is 0.233. The molecule has 2 aromatic rings. The van der Waals surface area contributed by atoms with Crippen LogP contribution in [0.25, 0.3) is 0 Å². The minimum atomic E-state index is -0.233. The number of para-hydroxylation sites is 1. The van der Waals surface area contributed by atoms with Crippen molar-refractivity contribution in [2.45, 2.75) is 19.8 Å². The van der Waals surface area contributed by atoms with Crippen LogP contribution in [0.3, 0.4) is 0 Å². The van der Waals surface area contributed by atoms with Crippen LogP contribution in [0.5, 0.6) is 0 Å². The number of hydrogen-bond donors (Lipinski definition) is 1. The highest BCUT2D eigenvalue weighted by Crippen LogP contribution is 2.15. The van der Waals surface area contributed by atoms with Gasteiger partial charge in [0.1, 0.15) is 5.82 Å². The molecule has 1 N–H and O–H groups in total. The van der Waals surface area contributed by atoms with Gasteiger partial charge in [-0.05, 0) is 62.7 Å². The monoisotopic (exact) mass is 354 g/mol. The van der Waals surface area contributed by atoms with E-state index in [0.717, 1.165) is 57.0 Å². The first-order chi connectivity index (χ1) is 12.7. The molecule has 0 spiro atoms. The van der Waals surface area contributed by atoms with Gasteiger partial charge in [0.15, 0.2) is 0 Å². The summed E-state index contributed by atoms with van der Waals surface area (Å²) in [6, 6.07) is 16.9. The molecule has 4 nitrogen and oxygen atoms in total. The van der Waals surface area contributed by atoms with Crippen molar-refractivity contribution in [3.63, 3.8) is 0 Å². The maximum atomic E-state index is 12.9. The van der Waals surface area contributed by atoms with Gasteiger partial charge in [0, 0.05) is 37.6 Å². The van der Waals surface area contributed by atoms with Crippen molar-refractivity contribution < 1.29 is 4.39 Å². The summed E-state index contributed by atoms with van der Waals surface area (Å²) in [4.78, 5) is 4.98. The average molecular weight is 354 g/mol. The summed E-state index contributed by atoms with van der Waals surface area (Å²) in [6.07, 6.45) is 2.07. The average Bonchev–Trinajstić information content (AvgIpc) is 2.69. The molecule has 0 unspecified atom stereocenters. The summed E-state index contributed by atoms with van der Waals surface area (Å²) in [7, 11) is 0. The van der Waals surface area contributed by atoms with Gasteiger partial charge in [0.25, 0.3) is 0 Å². The number of nitrogens with one attached hydrogen (secondary N) is 1. The van der Waals surface area contributed by atoms with Crippen LogP contribution in [0.15, 0.2) is 59.7 Å². The molecule has 26 heavy (non-hydrogen) atoms. The molecule has 2 aromatic carbocycles. The third-order valence-corrected chi connectivity index (χ3v) is 4.73. The number of nitrogens with zero attached hydrogens (tertiary/aromatic N) is 3. The van der Waals surface area contributed by atoms with Gasteiger partial charge >= 0.3 is 0 Å². The van der Waals surface area contributed by atoms with Crippen LogP contribution in [0.1, 0.15) is 19.8 Å². The lowest BCUT2D eigenvalue weighted by molar-refractivity contribution is 0.256. The maximum absolute atomic E-state index is 12.9. The lowest BCUT2D eigenvalue weighted by Gasteiger charge is -2.36. The fourth-order valence-corrected chi connectivity index (χ4v) is 3.17. The van der Waals surface area contributed by atoms with E-state index in [4.69, 9.17) is 0 Å². The summed E-state index contributed by atoms with van der Waals surface area (Å²) in [6.45, 7) is 7.53. The quantitative estimate of drug-likeness (QED) is 0.597. The van der Waals surface area contributed by atoms with E-state index >= 15 is 0 Å². The number of halogens is 1. The van der Waals surface area contributed by atoms with Crippen molar-refractivity contribution in [3.8, 4) is 0 Å². The second kappa shape index (κ2) is 9.34. The number of rotatable bonds is 7. The van der Waals surface area contributed by atoms with Gasteiger partial charge in [-0.2, -0.15) is 5.10 Å². The summed E-state index contributed by atoms with van der Waals surface area (Å²) in [5, 5.41) is 4.38. The first kappa shape index (κ1) is 18.4. The number of anilines is 2. The van der Waals surface area contributed by atoms with Gasteiger partial charge in [-0.3, -0.25) is 10.3 Å². The highest BCUT2D eigenvalue weighted by atomic mass is 19.1. The van der Waals surface area contributed by atoms with E-state index in [2.05, 4.69) is 50.7 Å². The van der Waals surface area contributed by atoms with Crippen molar-refractivity contribution in [2.75, 3.05) is 43.0 Å². The molecule has 1 heterocycles. The van der Waals surface area contributed by atoms with Crippen molar-refractivity contribution in [2.24, 2.45) is 5.10 Å². The molecule has 0 bridgehead atoms. The lowest BCUT2D eigenvalue weighted by atomic mass is 10.2. The highest BCUT2D eigenvalue weighted by molar-refractivity contribution is 5.82. The Morgan fingerprint density at radius 1 is 1.00 bits per heavy atom. The van der Waals surface area contributed by atoms with E-state index in [1.165, 1.54) is 17.8 Å². The van der Waals surface area contributed by atoms with E-state index < -0.39 is 0 Å². The van der Waals surface area contributed by atoms with Crippen LogP contribution in [0.4, 0.5) is 15.8 Å². The van der Waals surface area contributed by atoms with Crippen LogP contribution < -0.4 is 10.3 Å². The zero-order chi connectivity index (χ0) is 18.2. The summed E-state index contributed by atoms with van der Waals surface area (Å²) in [5.74, 6) is -0.233. The third kappa shape index (κ3) is 5.56. The molecule has 0 atom stereocenters. The Hall–Kier alpha value is -2.40. The molecule has 0 saturated carbocycles. The zero-order valence-electron chi connectivity index (χ0n) is 15.4. The molecule has 0 amide bonds. The van der Waals surface area contributed by atoms with Gasteiger partial charge in [-0.1, -0.05) is 18.2 Å². The molecule has 138 valence electrons. The molecule has 1 aliphatic rings. The predicted molar refractivity (Wildman–Crippen MR) is 107 cm³/mol. The molecule has 0 aromatic heterocycles. The Bertz CT molecular complexity index is 692. The number of benzene rings is 2. The molecule has 0 radical (unpaired) electrons. The summed E-state index contributed by atoms with van der Waals surface area (Å²) in [5.41, 5.74) is 6.18. The van der Waals surface area contributed by atoms with Gasteiger partial charge in [-0.15, -0.1) is 0 Å². The fourth-order valence-electron chi connectivity index (χ4n) is 3.17. The molecule has 0 aliphatic carbocycles.